The lowest BCUT2D eigenvalue weighted by atomic mass is 9.99. The van der Waals surface area contributed by atoms with Gasteiger partial charge in [0.05, 0.1) is 5.92 Å². The molecule has 1 aromatic rings. The third kappa shape index (κ3) is 2.76. The molecule has 5 heteroatoms. The molecule has 1 aromatic carbocycles. The molecule has 5 nitrogen and oxygen atoms in total. The Kier molecular flexibility index (Phi) is 3.97. The van der Waals surface area contributed by atoms with Gasteiger partial charge in [0.2, 0.25) is 0 Å². The van der Waals surface area contributed by atoms with E-state index >= 15 is 0 Å². The lowest BCUT2D eigenvalue weighted by molar-refractivity contribution is -0.142. The summed E-state index contributed by atoms with van der Waals surface area (Å²) in [5.74, 6) is -1.31. The molecule has 0 saturated carbocycles. The third-order valence-corrected chi connectivity index (χ3v) is 3.88. The molecular formula is C15H20N2O3. The summed E-state index contributed by atoms with van der Waals surface area (Å²) in [5, 5.41) is 9.12. The molecule has 2 amide bonds. The molecule has 108 valence electrons. The van der Waals surface area contributed by atoms with Crippen molar-refractivity contribution in [3.8, 4) is 0 Å². The largest absolute Gasteiger partial charge is 0.481 e. The van der Waals surface area contributed by atoms with Crippen molar-refractivity contribution in [3.63, 3.8) is 0 Å². The fraction of sp³-hybridized carbons (Fsp3) is 0.467. The number of amides is 2. The van der Waals surface area contributed by atoms with Crippen LogP contribution >= 0.6 is 0 Å². The van der Waals surface area contributed by atoms with Crippen molar-refractivity contribution in [1.82, 2.24) is 4.90 Å². The van der Waals surface area contributed by atoms with Crippen molar-refractivity contribution >= 4 is 17.7 Å². The summed E-state index contributed by atoms with van der Waals surface area (Å²) < 4.78 is 0. The fourth-order valence-electron chi connectivity index (χ4n) is 2.60. The van der Waals surface area contributed by atoms with Crippen LogP contribution in [-0.2, 0) is 4.79 Å². The first-order chi connectivity index (χ1) is 9.40. The van der Waals surface area contributed by atoms with Crippen LogP contribution in [0.3, 0.4) is 0 Å². The van der Waals surface area contributed by atoms with E-state index in [1.54, 1.807) is 16.8 Å². The number of carbonyl (C=O) groups excluding carboxylic acids is 1. The first-order valence-corrected chi connectivity index (χ1v) is 6.72. The zero-order valence-electron chi connectivity index (χ0n) is 12.0. The second-order valence-electron chi connectivity index (χ2n) is 5.51. The number of carboxylic acids is 1. The fourth-order valence-corrected chi connectivity index (χ4v) is 2.60. The molecule has 1 N–H and O–H groups in total. The van der Waals surface area contributed by atoms with E-state index in [9.17, 15) is 9.59 Å². The van der Waals surface area contributed by atoms with E-state index in [1.807, 2.05) is 38.1 Å². The van der Waals surface area contributed by atoms with Gasteiger partial charge in [-0.15, -0.1) is 0 Å². The zero-order chi connectivity index (χ0) is 14.9. The quantitative estimate of drug-likeness (QED) is 0.900. The van der Waals surface area contributed by atoms with E-state index in [0.29, 0.717) is 6.54 Å². The molecule has 0 aromatic heterocycles. The molecule has 2 rings (SSSR count). The van der Waals surface area contributed by atoms with Gasteiger partial charge in [0.25, 0.3) is 0 Å². The summed E-state index contributed by atoms with van der Waals surface area (Å²) in [5.41, 5.74) is 1.90. The molecule has 0 aliphatic carbocycles. The van der Waals surface area contributed by atoms with Gasteiger partial charge in [-0.05, 0) is 30.5 Å². The topological polar surface area (TPSA) is 60.9 Å². The van der Waals surface area contributed by atoms with Crippen molar-refractivity contribution in [2.24, 2.45) is 11.8 Å². The number of nitrogens with zero attached hydrogens (tertiary/aromatic N) is 2. The number of aryl methyl sites for hydroxylation is 1. The Morgan fingerprint density at radius 1 is 1.35 bits per heavy atom. The van der Waals surface area contributed by atoms with Gasteiger partial charge in [0.15, 0.2) is 0 Å². The molecule has 0 spiro atoms. The van der Waals surface area contributed by atoms with Gasteiger partial charge < -0.3 is 10.0 Å². The maximum absolute atomic E-state index is 12.4. The van der Waals surface area contributed by atoms with Crippen LogP contribution in [0.2, 0.25) is 0 Å². The number of anilines is 1. The number of hydrogen-bond acceptors (Lipinski definition) is 2. The average Bonchev–Trinajstić information content (AvgIpc) is 2.79. The van der Waals surface area contributed by atoms with Crippen LogP contribution in [0, 0.1) is 18.8 Å². The van der Waals surface area contributed by atoms with Crippen LogP contribution in [0.15, 0.2) is 24.3 Å². The molecule has 1 aliphatic rings. The van der Waals surface area contributed by atoms with Crippen molar-refractivity contribution < 1.29 is 14.7 Å². The molecule has 20 heavy (non-hydrogen) atoms. The number of benzene rings is 1. The SMILES string of the molecule is Cc1cccc(N(C)C(=O)N2CC(C)C(C(=O)O)C2)c1. The predicted octanol–water partition coefficient (Wildman–Crippen LogP) is 2.20. The van der Waals surface area contributed by atoms with Crippen LogP contribution < -0.4 is 4.90 Å². The molecule has 2 atom stereocenters. The second-order valence-corrected chi connectivity index (χ2v) is 5.51. The number of aliphatic carboxylic acids is 1. The van der Waals surface area contributed by atoms with E-state index in [4.69, 9.17) is 5.11 Å². The number of hydrogen-bond donors (Lipinski definition) is 1. The maximum Gasteiger partial charge on any atom is 0.324 e. The highest BCUT2D eigenvalue weighted by atomic mass is 16.4. The lowest BCUT2D eigenvalue weighted by Gasteiger charge is -2.25. The maximum atomic E-state index is 12.4. The monoisotopic (exact) mass is 276 g/mol. The number of likely N-dealkylation sites (tertiary alicyclic amines) is 1. The highest BCUT2D eigenvalue weighted by molar-refractivity contribution is 5.92. The smallest absolute Gasteiger partial charge is 0.324 e. The van der Waals surface area contributed by atoms with Crippen LogP contribution in [-0.4, -0.2) is 42.1 Å². The Bertz CT molecular complexity index is 530. The molecule has 1 saturated heterocycles. The number of carboxylic acid groups (broad SMARTS) is 1. The van der Waals surface area contributed by atoms with Crippen molar-refractivity contribution in [1.29, 1.82) is 0 Å². The standard InChI is InChI=1S/C15H20N2O3/c1-10-5-4-6-12(7-10)16(3)15(20)17-8-11(2)13(9-17)14(18)19/h4-7,11,13H,8-9H2,1-3H3,(H,18,19). The Hall–Kier alpha value is -2.04. The molecule has 1 aliphatic heterocycles. The molecule has 1 fully saturated rings. The highest BCUT2D eigenvalue weighted by Crippen LogP contribution is 2.25. The summed E-state index contributed by atoms with van der Waals surface area (Å²) >= 11 is 0. The van der Waals surface area contributed by atoms with Crippen LogP contribution in [0.4, 0.5) is 10.5 Å². The number of rotatable bonds is 2. The van der Waals surface area contributed by atoms with Crippen LogP contribution in [0.5, 0.6) is 0 Å². The van der Waals surface area contributed by atoms with E-state index in [2.05, 4.69) is 0 Å². The number of carbonyl (C=O) groups is 2. The van der Waals surface area contributed by atoms with Gasteiger partial charge in [0.1, 0.15) is 0 Å². The van der Waals surface area contributed by atoms with Crippen molar-refractivity contribution in [2.45, 2.75) is 13.8 Å². The van der Waals surface area contributed by atoms with E-state index in [0.717, 1.165) is 11.3 Å². The Labute approximate surface area is 118 Å². The molecule has 2 unspecified atom stereocenters. The van der Waals surface area contributed by atoms with Gasteiger partial charge in [-0.2, -0.15) is 0 Å². The Morgan fingerprint density at radius 2 is 2.05 bits per heavy atom. The van der Waals surface area contributed by atoms with Gasteiger partial charge in [-0.25, -0.2) is 4.79 Å². The molecule has 0 bridgehead atoms. The first kappa shape index (κ1) is 14.4. The lowest BCUT2D eigenvalue weighted by Crippen LogP contribution is -2.40. The Balaban J connectivity index is 2.10. The van der Waals surface area contributed by atoms with E-state index in [-0.39, 0.29) is 18.5 Å². The minimum absolute atomic E-state index is 0.0117. The number of urea groups is 1. The van der Waals surface area contributed by atoms with Crippen molar-refractivity contribution in [3.05, 3.63) is 29.8 Å². The highest BCUT2D eigenvalue weighted by Gasteiger charge is 2.38. The summed E-state index contributed by atoms with van der Waals surface area (Å²) in [7, 11) is 1.72. The summed E-state index contributed by atoms with van der Waals surface area (Å²) in [6.45, 7) is 4.62. The summed E-state index contributed by atoms with van der Waals surface area (Å²) in [6, 6.07) is 7.54. The van der Waals surface area contributed by atoms with Gasteiger partial charge >= 0.3 is 12.0 Å². The molecular weight excluding hydrogens is 256 g/mol. The predicted molar refractivity (Wildman–Crippen MR) is 76.8 cm³/mol. The summed E-state index contributed by atoms with van der Waals surface area (Å²) in [4.78, 5) is 26.7. The molecule has 0 radical (unpaired) electrons. The minimum atomic E-state index is -0.828. The first-order valence-electron chi connectivity index (χ1n) is 6.72. The Morgan fingerprint density at radius 3 is 2.60 bits per heavy atom. The summed E-state index contributed by atoms with van der Waals surface area (Å²) in [6.07, 6.45) is 0. The van der Waals surface area contributed by atoms with Gasteiger partial charge in [0, 0.05) is 25.8 Å². The van der Waals surface area contributed by atoms with E-state index in [1.165, 1.54) is 0 Å². The average molecular weight is 276 g/mol. The molecule has 1 heterocycles. The third-order valence-electron chi connectivity index (χ3n) is 3.88. The van der Waals surface area contributed by atoms with E-state index < -0.39 is 11.9 Å². The van der Waals surface area contributed by atoms with Crippen LogP contribution in [0.25, 0.3) is 0 Å². The minimum Gasteiger partial charge on any atom is -0.481 e. The van der Waals surface area contributed by atoms with Crippen molar-refractivity contribution in [2.75, 3.05) is 25.0 Å². The second kappa shape index (κ2) is 5.53. The van der Waals surface area contributed by atoms with Gasteiger partial charge in [-0.3, -0.25) is 9.69 Å². The normalized spacial score (nSPS) is 21.9. The van der Waals surface area contributed by atoms with Crippen LogP contribution in [0.1, 0.15) is 12.5 Å². The van der Waals surface area contributed by atoms with Gasteiger partial charge in [-0.1, -0.05) is 19.1 Å². The zero-order valence-corrected chi connectivity index (χ0v) is 12.0.